The number of hydrogen-bond acceptors (Lipinski definition) is 7. The first kappa shape index (κ1) is 30.7. The lowest BCUT2D eigenvalue weighted by Crippen LogP contribution is -2.49. The van der Waals surface area contributed by atoms with Crippen LogP contribution in [0, 0.1) is 0 Å². The molecular formula is C34H42N4O5. The molecule has 0 bridgehead atoms. The van der Waals surface area contributed by atoms with Crippen LogP contribution >= 0.6 is 0 Å². The maximum absolute atomic E-state index is 12.9. The Morgan fingerprint density at radius 2 is 1.63 bits per heavy atom. The van der Waals surface area contributed by atoms with E-state index in [2.05, 4.69) is 52.8 Å². The number of benzene rings is 3. The van der Waals surface area contributed by atoms with Crippen molar-refractivity contribution in [3.05, 3.63) is 95.8 Å². The highest BCUT2D eigenvalue weighted by Crippen LogP contribution is 2.28. The molecule has 9 nitrogen and oxygen atoms in total. The van der Waals surface area contributed by atoms with Gasteiger partial charge in [-0.1, -0.05) is 71.9 Å². The molecule has 0 N–H and O–H groups in total. The van der Waals surface area contributed by atoms with Gasteiger partial charge in [0.25, 0.3) is 0 Å². The van der Waals surface area contributed by atoms with Crippen molar-refractivity contribution in [1.29, 1.82) is 0 Å². The first-order chi connectivity index (χ1) is 20.8. The molecule has 228 valence electrons. The Labute approximate surface area is 253 Å². The number of hydrogen-bond donors (Lipinski definition) is 0. The Balaban J connectivity index is 1.16. The van der Waals surface area contributed by atoms with Crippen LogP contribution in [0.4, 0.5) is 4.79 Å². The van der Waals surface area contributed by atoms with Crippen molar-refractivity contribution >= 4 is 16.9 Å². The van der Waals surface area contributed by atoms with Crippen molar-refractivity contribution in [3.63, 3.8) is 0 Å². The van der Waals surface area contributed by atoms with Crippen LogP contribution in [0.1, 0.15) is 56.5 Å². The third-order valence-electron chi connectivity index (χ3n) is 7.29. The lowest BCUT2D eigenvalue weighted by atomic mass is 10.0. The molecule has 1 aromatic heterocycles. The number of aromatic nitrogens is 3. The molecule has 2 heterocycles. The van der Waals surface area contributed by atoms with Crippen molar-refractivity contribution in [2.75, 3.05) is 26.3 Å². The summed E-state index contributed by atoms with van der Waals surface area (Å²) >= 11 is 0. The summed E-state index contributed by atoms with van der Waals surface area (Å²) in [5, 5.41) is 11.1. The van der Waals surface area contributed by atoms with Crippen LogP contribution in [0.15, 0.2) is 79.0 Å². The number of ether oxygens (including phenoxy) is 4. The van der Waals surface area contributed by atoms with Gasteiger partial charge in [-0.3, -0.25) is 0 Å². The summed E-state index contributed by atoms with van der Waals surface area (Å²) in [5.74, 6) is 0. The fourth-order valence-electron chi connectivity index (χ4n) is 5.14. The fourth-order valence-corrected chi connectivity index (χ4v) is 5.14. The van der Waals surface area contributed by atoms with Gasteiger partial charge < -0.3 is 23.8 Å². The molecule has 43 heavy (non-hydrogen) atoms. The minimum Gasteiger partial charge on any atom is -0.444 e. The molecular weight excluding hydrogens is 544 g/mol. The highest BCUT2D eigenvalue weighted by molar-refractivity contribution is 5.82. The van der Waals surface area contributed by atoms with Gasteiger partial charge in [0.1, 0.15) is 11.3 Å². The van der Waals surface area contributed by atoms with Gasteiger partial charge in [0.15, 0.2) is 0 Å². The molecule has 1 aliphatic heterocycles. The number of carbonyl (C=O) groups is 1. The van der Waals surface area contributed by atoms with E-state index < -0.39 is 5.60 Å². The van der Waals surface area contributed by atoms with Crippen molar-refractivity contribution in [2.45, 2.75) is 71.2 Å². The molecule has 3 aromatic carbocycles. The van der Waals surface area contributed by atoms with Crippen molar-refractivity contribution in [2.24, 2.45) is 0 Å². The van der Waals surface area contributed by atoms with Crippen molar-refractivity contribution in [3.8, 4) is 0 Å². The standard InChI is InChI=1S/C34H42N4O5/c1-34(2,3)43-33(39)37-17-16-31(32(22-37)42-24-27-14-15-28-12-7-8-13-29(28)20-27)38-21-30(35-36-38)25-41-19-9-18-40-23-26-10-5-4-6-11-26/h4-8,10-15,20-21,31-32H,9,16-19,22-25H2,1-3H3. The second-order valence-electron chi connectivity index (χ2n) is 11.9. The Hall–Kier alpha value is -3.79. The predicted octanol–water partition coefficient (Wildman–Crippen LogP) is 6.32. The number of likely N-dealkylation sites (tertiary alicyclic amines) is 1. The molecule has 9 heteroatoms. The lowest BCUT2D eigenvalue weighted by molar-refractivity contribution is -0.0517. The molecule has 0 aliphatic carbocycles. The van der Waals surface area contributed by atoms with Gasteiger partial charge in [-0.25, -0.2) is 9.48 Å². The third-order valence-corrected chi connectivity index (χ3v) is 7.29. The average Bonchev–Trinajstić information content (AvgIpc) is 3.47. The van der Waals surface area contributed by atoms with Crippen LogP contribution in [-0.2, 0) is 38.8 Å². The van der Waals surface area contributed by atoms with Gasteiger partial charge >= 0.3 is 6.09 Å². The Morgan fingerprint density at radius 3 is 2.42 bits per heavy atom. The number of nitrogens with zero attached hydrogens (tertiary/aromatic N) is 4. The number of carbonyl (C=O) groups excluding carboxylic acids is 1. The van der Waals surface area contributed by atoms with E-state index in [-0.39, 0.29) is 18.2 Å². The third kappa shape index (κ3) is 9.10. The van der Waals surface area contributed by atoms with Crippen LogP contribution in [0.2, 0.25) is 0 Å². The lowest BCUT2D eigenvalue weighted by Gasteiger charge is -2.38. The van der Waals surface area contributed by atoms with Crippen LogP contribution in [0.5, 0.6) is 0 Å². The highest BCUT2D eigenvalue weighted by atomic mass is 16.6. The predicted molar refractivity (Wildman–Crippen MR) is 164 cm³/mol. The van der Waals surface area contributed by atoms with Crippen molar-refractivity contribution < 1.29 is 23.7 Å². The fraction of sp³-hybridized carbons (Fsp3) is 0.441. The minimum atomic E-state index is -0.565. The molecule has 1 amide bonds. The Bertz CT molecular complexity index is 1450. The van der Waals surface area contributed by atoms with Gasteiger partial charge in [-0.15, -0.1) is 5.10 Å². The van der Waals surface area contributed by atoms with Crippen LogP contribution in [-0.4, -0.2) is 64.0 Å². The molecule has 0 saturated carbocycles. The van der Waals surface area contributed by atoms with Crippen molar-refractivity contribution in [1.82, 2.24) is 19.9 Å². The monoisotopic (exact) mass is 586 g/mol. The Morgan fingerprint density at radius 1 is 0.884 bits per heavy atom. The molecule has 2 atom stereocenters. The molecule has 0 spiro atoms. The zero-order valence-corrected chi connectivity index (χ0v) is 25.4. The van der Waals surface area contributed by atoms with E-state index in [1.807, 2.05) is 62.0 Å². The number of piperidine rings is 1. The van der Waals surface area contributed by atoms with Gasteiger partial charge in [0.05, 0.1) is 44.7 Å². The summed E-state index contributed by atoms with van der Waals surface area (Å²) in [6.45, 7) is 9.19. The van der Waals surface area contributed by atoms with E-state index in [9.17, 15) is 4.79 Å². The number of fused-ring (bicyclic) bond motifs is 1. The summed E-state index contributed by atoms with van der Waals surface area (Å²) in [7, 11) is 0. The highest BCUT2D eigenvalue weighted by Gasteiger charge is 2.36. The molecule has 0 radical (unpaired) electrons. The molecule has 5 rings (SSSR count). The van der Waals surface area contributed by atoms with Gasteiger partial charge in [0, 0.05) is 19.8 Å². The second kappa shape index (κ2) is 14.6. The summed E-state index contributed by atoms with van der Waals surface area (Å²) in [6, 6.07) is 24.7. The van der Waals surface area contributed by atoms with Gasteiger partial charge in [-0.2, -0.15) is 0 Å². The zero-order chi connectivity index (χ0) is 30.1. The number of amides is 1. The Kier molecular flexibility index (Phi) is 10.4. The maximum atomic E-state index is 12.9. The van der Waals surface area contributed by atoms with Crippen LogP contribution < -0.4 is 0 Å². The zero-order valence-electron chi connectivity index (χ0n) is 25.4. The first-order valence-electron chi connectivity index (χ1n) is 15.0. The normalized spacial score (nSPS) is 17.3. The van der Waals surface area contributed by atoms with E-state index in [0.717, 1.165) is 23.2 Å². The summed E-state index contributed by atoms with van der Waals surface area (Å²) in [4.78, 5) is 14.6. The van der Waals surface area contributed by atoms with E-state index >= 15 is 0 Å². The van der Waals surface area contributed by atoms with E-state index in [0.29, 0.717) is 52.5 Å². The van der Waals surface area contributed by atoms with E-state index in [4.69, 9.17) is 18.9 Å². The van der Waals surface area contributed by atoms with Crippen LogP contribution in [0.3, 0.4) is 0 Å². The molecule has 1 aliphatic rings. The van der Waals surface area contributed by atoms with Gasteiger partial charge in [0.2, 0.25) is 0 Å². The average molecular weight is 587 g/mol. The summed E-state index contributed by atoms with van der Waals surface area (Å²) in [5.41, 5.74) is 2.43. The quantitative estimate of drug-likeness (QED) is 0.180. The first-order valence-corrected chi connectivity index (χ1v) is 15.0. The summed E-state index contributed by atoms with van der Waals surface area (Å²) in [6.07, 6.45) is 2.78. The molecule has 1 saturated heterocycles. The minimum absolute atomic E-state index is 0.0771. The molecule has 1 fully saturated rings. The second-order valence-corrected chi connectivity index (χ2v) is 11.9. The van der Waals surface area contributed by atoms with Gasteiger partial charge in [-0.05, 0) is 61.6 Å². The smallest absolute Gasteiger partial charge is 0.410 e. The van der Waals surface area contributed by atoms with Crippen LogP contribution in [0.25, 0.3) is 10.8 Å². The number of rotatable bonds is 12. The van der Waals surface area contributed by atoms with E-state index in [1.165, 1.54) is 10.8 Å². The largest absolute Gasteiger partial charge is 0.444 e. The van der Waals surface area contributed by atoms with E-state index in [1.54, 1.807) is 4.90 Å². The summed E-state index contributed by atoms with van der Waals surface area (Å²) < 4.78 is 25.6. The SMILES string of the molecule is CC(C)(C)OC(=O)N1CCC(n2cc(COCCCOCc3ccccc3)nn2)C(OCc2ccc3ccccc3c2)C1. The topological polar surface area (TPSA) is 87.9 Å². The molecule has 2 unspecified atom stereocenters. The maximum Gasteiger partial charge on any atom is 0.410 e. The molecule has 4 aromatic rings.